The third-order valence-corrected chi connectivity index (χ3v) is 4.24. The number of carbonyl (C=O) groups is 2. The molecule has 0 bridgehead atoms. The summed E-state index contributed by atoms with van der Waals surface area (Å²) in [7, 11) is 1.56. The molecule has 0 spiro atoms. The van der Waals surface area contributed by atoms with Gasteiger partial charge in [0, 0.05) is 11.3 Å². The minimum atomic E-state index is -0.146. The molecule has 5 nitrogen and oxygen atoms in total. The molecule has 0 heterocycles. The van der Waals surface area contributed by atoms with Crippen LogP contribution in [0, 0.1) is 0 Å². The zero-order valence-corrected chi connectivity index (χ0v) is 15.1. The van der Waals surface area contributed by atoms with Gasteiger partial charge in [-0.15, -0.1) is 11.8 Å². The lowest BCUT2D eigenvalue weighted by Gasteiger charge is -2.07. The molecule has 1 N–H and O–H groups in total. The van der Waals surface area contributed by atoms with E-state index in [1.165, 1.54) is 11.8 Å². The van der Waals surface area contributed by atoms with Crippen molar-refractivity contribution in [3.8, 4) is 11.5 Å². The molecule has 2 rings (SSSR count). The number of ether oxygens (including phenoxy) is 2. The third-order valence-electron chi connectivity index (χ3n) is 3.31. The SMILES string of the molecule is CCOc1ccc(NC(=O)CSCC(=O)c2cccc(OC)c2)cc1. The van der Waals surface area contributed by atoms with Gasteiger partial charge in [0.15, 0.2) is 5.78 Å². The minimum absolute atomic E-state index is 0.0298. The van der Waals surface area contributed by atoms with E-state index in [0.29, 0.717) is 23.6 Å². The van der Waals surface area contributed by atoms with E-state index in [1.807, 2.05) is 6.92 Å². The van der Waals surface area contributed by atoms with Gasteiger partial charge in [0.25, 0.3) is 0 Å². The second-order valence-corrected chi connectivity index (χ2v) is 6.14. The molecule has 0 aliphatic rings. The second-order valence-electron chi connectivity index (χ2n) is 5.15. The van der Waals surface area contributed by atoms with Crippen LogP contribution in [0.1, 0.15) is 17.3 Å². The maximum atomic E-state index is 12.1. The number of benzene rings is 2. The molecule has 0 aliphatic carbocycles. The summed E-state index contributed by atoms with van der Waals surface area (Å²) in [6.45, 7) is 2.52. The van der Waals surface area contributed by atoms with Crippen LogP contribution in [0.4, 0.5) is 5.69 Å². The quantitative estimate of drug-likeness (QED) is 0.693. The van der Waals surface area contributed by atoms with Gasteiger partial charge in [0.05, 0.1) is 25.2 Å². The highest BCUT2D eigenvalue weighted by molar-refractivity contribution is 8.00. The van der Waals surface area contributed by atoms with Gasteiger partial charge in [-0.25, -0.2) is 0 Å². The van der Waals surface area contributed by atoms with E-state index >= 15 is 0 Å². The number of ketones is 1. The normalized spacial score (nSPS) is 10.2. The van der Waals surface area contributed by atoms with Crippen molar-refractivity contribution < 1.29 is 19.1 Å². The number of amides is 1. The Morgan fingerprint density at radius 1 is 1.04 bits per heavy atom. The molecule has 0 atom stereocenters. The van der Waals surface area contributed by atoms with Gasteiger partial charge in [0.1, 0.15) is 11.5 Å². The topological polar surface area (TPSA) is 64.6 Å². The molecule has 0 aliphatic heterocycles. The average Bonchev–Trinajstić information content (AvgIpc) is 2.63. The van der Waals surface area contributed by atoms with E-state index in [1.54, 1.807) is 55.6 Å². The van der Waals surface area contributed by atoms with E-state index in [-0.39, 0.29) is 23.2 Å². The number of hydrogen-bond donors (Lipinski definition) is 1. The van der Waals surface area contributed by atoms with Crippen molar-refractivity contribution in [3.05, 3.63) is 54.1 Å². The van der Waals surface area contributed by atoms with Crippen LogP contribution >= 0.6 is 11.8 Å². The van der Waals surface area contributed by atoms with Crippen molar-refractivity contribution in [1.82, 2.24) is 0 Å². The largest absolute Gasteiger partial charge is 0.497 e. The summed E-state index contributed by atoms with van der Waals surface area (Å²) < 4.78 is 10.5. The van der Waals surface area contributed by atoms with Crippen molar-refractivity contribution >= 4 is 29.1 Å². The first-order chi connectivity index (χ1) is 12.1. The summed E-state index contributed by atoms with van der Waals surface area (Å²) in [6, 6.07) is 14.2. The van der Waals surface area contributed by atoms with Crippen LogP contribution in [0.3, 0.4) is 0 Å². The third kappa shape index (κ3) is 6.15. The molecule has 2 aromatic carbocycles. The highest BCUT2D eigenvalue weighted by atomic mass is 32.2. The van der Waals surface area contributed by atoms with Gasteiger partial charge >= 0.3 is 0 Å². The lowest BCUT2D eigenvalue weighted by Crippen LogP contribution is -2.15. The number of Topliss-reactive ketones (excluding diaryl/α,β-unsaturated/α-hetero) is 1. The van der Waals surface area contributed by atoms with Crippen LogP contribution in [-0.4, -0.2) is 36.9 Å². The minimum Gasteiger partial charge on any atom is -0.497 e. The van der Waals surface area contributed by atoms with Crippen molar-refractivity contribution in [3.63, 3.8) is 0 Å². The Kier molecular flexibility index (Phi) is 7.35. The second kappa shape index (κ2) is 9.74. The number of nitrogens with one attached hydrogen (secondary N) is 1. The predicted octanol–water partition coefficient (Wildman–Crippen LogP) is 3.65. The molecule has 1 amide bonds. The first kappa shape index (κ1) is 18.9. The summed E-state index contributed by atoms with van der Waals surface area (Å²) in [4.78, 5) is 24.1. The Hall–Kier alpha value is -2.47. The highest BCUT2D eigenvalue weighted by Gasteiger charge is 2.09. The Morgan fingerprint density at radius 2 is 1.80 bits per heavy atom. The number of rotatable bonds is 9. The molecule has 2 aromatic rings. The summed E-state index contributed by atoms with van der Waals surface area (Å²) in [5.41, 5.74) is 1.28. The van der Waals surface area contributed by atoms with E-state index in [0.717, 1.165) is 5.75 Å². The Balaban J connectivity index is 1.76. The van der Waals surface area contributed by atoms with Crippen LogP contribution < -0.4 is 14.8 Å². The van der Waals surface area contributed by atoms with E-state index < -0.39 is 0 Å². The lowest BCUT2D eigenvalue weighted by molar-refractivity contribution is -0.113. The molecule has 25 heavy (non-hydrogen) atoms. The van der Waals surface area contributed by atoms with Crippen molar-refractivity contribution in [2.24, 2.45) is 0 Å². The Bertz CT molecular complexity index is 716. The number of carbonyl (C=O) groups excluding carboxylic acids is 2. The van der Waals surface area contributed by atoms with Gasteiger partial charge in [-0.2, -0.15) is 0 Å². The van der Waals surface area contributed by atoms with Gasteiger partial charge < -0.3 is 14.8 Å². The standard InChI is InChI=1S/C19H21NO4S/c1-3-24-16-9-7-15(8-10-16)20-19(22)13-25-12-18(21)14-5-4-6-17(11-14)23-2/h4-11H,3,12-13H2,1-2H3,(H,20,22). The fourth-order valence-electron chi connectivity index (χ4n) is 2.11. The zero-order valence-electron chi connectivity index (χ0n) is 14.3. The fraction of sp³-hybridized carbons (Fsp3) is 0.263. The molecule has 6 heteroatoms. The van der Waals surface area contributed by atoms with Crippen LogP contribution in [0.15, 0.2) is 48.5 Å². The van der Waals surface area contributed by atoms with Gasteiger partial charge in [-0.05, 0) is 43.3 Å². The molecule has 0 aromatic heterocycles. The molecular formula is C19H21NO4S. The molecule has 0 fully saturated rings. The van der Waals surface area contributed by atoms with E-state index in [9.17, 15) is 9.59 Å². The summed E-state index contributed by atoms with van der Waals surface area (Å²) >= 11 is 1.28. The number of methoxy groups -OCH3 is 1. The smallest absolute Gasteiger partial charge is 0.234 e. The van der Waals surface area contributed by atoms with Crippen molar-refractivity contribution in [1.29, 1.82) is 0 Å². The highest BCUT2D eigenvalue weighted by Crippen LogP contribution is 2.17. The first-order valence-corrected chi connectivity index (χ1v) is 9.05. The zero-order chi connectivity index (χ0) is 18.1. The Morgan fingerprint density at radius 3 is 2.48 bits per heavy atom. The number of anilines is 1. The molecule has 0 saturated heterocycles. The molecule has 0 unspecified atom stereocenters. The van der Waals surface area contributed by atoms with Crippen LogP contribution in [-0.2, 0) is 4.79 Å². The van der Waals surface area contributed by atoms with Crippen LogP contribution in [0.2, 0.25) is 0 Å². The van der Waals surface area contributed by atoms with E-state index in [2.05, 4.69) is 5.32 Å². The number of thioether (sulfide) groups is 1. The molecule has 132 valence electrons. The summed E-state index contributed by atoms with van der Waals surface area (Å²) in [5.74, 6) is 1.68. The van der Waals surface area contributed by atoms with Gasteiger partial charge in [-0.1, -0.05) is 12.1 Å². The summed E-state index contributed by atoms with van der Waals surface area (Å²) in [5, 5.41) is 2.80. The first-order valence-electron chi connectivity index (χ1n) is 7.90. The molecule has 0 radical (unpaired) electrons. The number of hydrogen-bond acceptors (Lipinski definition) is 5. The maximum absolute atomic E-state index is 12.1. The van der Waals surface area contributed by atoms with E-state index in [4.69, 9.17) is 9.47 Å². The van der Waals surface area contributed by atoms with Crippen LogP contribution in [0.25, 0.3) is 0 Å². The molecule has 0 saturated carbocycles. The van der Waals surface area contributed by atoms with Crippen molar-refractivity contribution in [2.75, 3.05) is 30.5 Å². The van der Waals surface area contributed by atoms with Gasteiger partial charge in [-0.3, -0.25) is 9.59 Å². The monoisotopic (exact) mass is 359 g/mol. The molecular weight excluding hydrogens is 338 g/mol. The lowest BCUT2D eigenvalue weighted by atomic mass is 10.1. The van der Waals surface area contributed by atoms with Crippen LogP contribution in [0.5, 0.6) is 11.5 Å². The average molecular weight is 359 g/mol. The van der Waals surface area contributed by atoms with Crippen molar-refractivity contribution in [2.45, 2.75) is 6.92 Å². The predicted molar refractivity (Wildman–Crippen MR) is 101 cm³/mol. The summed E-state index contributed by atoms with van der Waals surface area (Å²) in [6.07, 6.45) is 0. The fourth-order valence-corrected chi connectivity index (χ4v) is 2.83. The maximum Gasteiger partial charge on any atom is 0.234 e. The Labute approximate surface area is 151 Å². The van der Waals surface area contributed by atoms with Gasteiger partial charge in [0.2, 0.25) is 5.91 Å².